The van der Waals surface area contributed by atoms with Gasteiger partial charge in [0, 0.05) is 24.4 Å². The molecule has 2 heterocycles. The van der Waals surface area contributed by atoms with Crippen LogP contribution in [-0.2, 0) is 16.1 Å². The Morgan fingerprint density at radius 1 is 1.03 bits per heavy atom. The van der Waals surface area contributed by atoms with Crippen molar-refractivity contribution in [2.75, 3.05) is 19.7 Å². The van der Waals surface area contributed by atoms with Crippen LogP contribution in [0.5, 0.6) is 0 Å². The highest BCUT2D eigenvalue weighted by atomic mass is 32.1. The summed E-state index contributed by atoms with van der Waals surface area (Å²) in [7, 11) is 0. The van der Waals surface area contributed by atoms with Crippen molar-refractivity contribution in [3.63, 3.8) is 0 Å². The van der Waals surface area contributed by atoms with E-state index in [0.29, 0.717) is 23.8 Å². The predicted octanol–water partition coefficient (Wildman–Crippen LogP) is 3.58. The normalized spacial score (nSPS) is 21.7. The van der Waals surface area contributed by atoms with Gasteiger partial charge in [0.05, 0.1) is 12.5 Å². The molecule has 9 heteroatoms. The van der Waals surface area contributed by atoms with Crippen molar-refractivity contribution < 1.29 is 24.2 Å². The topological polar surface area (TPSA) is 109 Å². The number of hydrogen-bond acceptors (Lipinski definition) is 6. The first-order chi connectivity index (χ1) is 17.0. The molecule has 2 fully saturated rings. The number of carbonyl (C=O) groups is 3. The Morgan fingerprint density at radius 2 is 1.66 bits per heavy atom. The van der Waals surface area contributed by atoms with Crippen LogP contribution in [0.15, 0.2) is 53.9 Å². The van der Waals surface area contributed by atoms with Gasteiger partial charge in [0.15, 0.2) is 0 Å². The summed E-state index contributed by atoms with van der Waals surface area (Å²) in [5.74, 6) is -1.17. The first kappa shape index (κ1) is 21.8. The van der Waals surface area contributed by atoms with Crippen molar-refractivity contribution in [2.24, 2.45) is 17.8 Å². The summed E-state index contributed by atoms with van der Waals surface area (Å²) >= 11 is 1.30. The fourth-order valence-electron chi connectivity index (χ4n) is 5.51. The number of amides is 2. The van der Waals surface area contributed by atoms with Gasteiger partial charge in [0.1, 0.15) is 17.3 Å². The molecular formula is C26H23N3O5S. The van der Waals surface area contributed by atoms with Crippen molar-refractivity contribution in [3.05, 3.63) is 75.7 Å². The van der Waals surface area contributed by atoms with E-state index in [1.165, 1.54) is 22.5 Å². The van der Waals surface area contributed by atoms with Gasteiger partial charge in [0.2, 0.25) is 0 Å². The monoisotopic (exact) mass is 489 g/mol. The molecule has 8 nitrogen and oxygen atoms in total. The van der Waals surface area contributed by atoms with Crippen LogP contribution in [-0.4, -0.2) is 52.7 Å². The summed E-state index contributed by atoms with van der Waals surface area (Å²) in [5, 5.41) is 14.1. The SMILES string of the molecule is O=C(NCc1nc(C(=O)N2C[C@@H]3C(C(=O)O)[C@@H]3C2)cs1)OCC1c2ccccc2-c2ccccc21. The number of carbonyl (C=O) groups excluding carboxylic acids is 2. The molecule has 35 heavy (non-hydrogen) atoms. The molecule has 2 amide bonds. The second-order valence-electron chi connectivity index (χ2n) is 9.21. The number of likely N-dealkylation sites (tertiary alicyclic amines) is 1. The maximum absolute atomic E-state index is 12.7. The molecule has 2 aromatic carbocycles. The van der Waals surface area contributed by atoms with Gasteiger partial charge in [0.25, 0.3) is 5.91 Å². The zero-order chi connectivity index (χ0) is 24.1. The summed E-state index contributed by atoms with van der Waals surface area (Å²) in [6.07, 6.45) is -0.533. The third kappa shape index (κ3) is 3.85. The Labute approximate surface area is 205 Å². The average Bonchev–Trinajstić information content (AvgIpc) is 3.23. The highest BCUT2D eigenvalue weighted by Crippen LogP contribution is 2.52. The number of nitrogens with one attached hydrogen (secondary N) is 1. The number of nitrogens with zero attached hydrogens (tertiary/aromatic N) is 2. The lowest BCUT2D eigenvalue weighted by Gasteiger charge is -2.17. The average molecular weight is 490 g/mol. The molecule has 1 aromatic heterocycles. The predicted molar refractivity (Wildman–Crippen MR) is 128 cm³/mol. The van der Waals surface area contributed by atoms with Gasteiger partial charge in [-0.05, 0) is 34.1 Å². The maximum Gasteiger partial charge on any atom is 0.407 e. The lowest BCUT2D eigenvalue weighted by Crippen LogP contribution is -2.32. The number of fused-ring (bicyclic) bond motifs is 4. The number of aromatic nitrogens is 1. The van der Waals surface area contributed by atoms with E-state index < -0.39 is 12.1 Å². The number of ether oxygens (including phenoxy) is 1. The van der Waals surface area contributed by atoms with Crippen LogP contribution in [0, 0.1) is 17.8 Å². The Hall–Kier alpha value is -3.72. The molecule has 0 spiro atoms. The van der Waals surface area contributed by atoms with Crippen LogP contribution in [0.25, 0.3) is 11.1 Å². The number of rotatable bonds is 6. The Bertz CT molecular complexity index is 1280. The number of benzene rings is 2. The summed E-state index contributed by atoms with van der Waals surface area (Å²) < 4.78 is 5.55. The zero-order valence-corrected chi connectivity index (χ0v) is 19.5. The quantitative estimate of drug-likeness (QED) is 0.548. The van der Waals surface area contributed by atoms with Crippen molar-refractivity contribution in [2.45, 2.75) is 12.5 Å². The molecule has 3 aromatic rings. The van der Waals surface area contributed by atoms with Gasteiger partial charge in [-0.25, -0.2) is 9.78 Å². The first-order valence-electron chi connectivity index (χ1n) is 11.6. The van der Waals surface area contributed by atoms with E-state index in [1.807, 2.05) is 24.3 Å². The molecule has 6 rings (SSSR count). The van der Waals surface area contributed by atoms with Gasteiger partial charge in [-0.1, -0.05) is 48.5 Å². The molecule has 1 saturated heterocycles. The van der Waals surface area contributed by atoms with E-state index >= 15 is 0 Å². The summed E-state index contributed by atoms with van der Waals surface area (Å²) in [4.78, 5) is 42.3. The molecule has 1 saturated carbocycles. The van der Waals surface area contributed by atoms with E-state index in [9.17, 15) is 14.4 Å². The second-order valence-corrected chi connectivity index (χ2v) is 10.2. The number of aliphatic carboxylic acids is 1. The van der Waals surface area contributed by atoms with E-state index in [-0.39, 0.29) is 42.7 Å². The number of alkyl carbamates (subject to hydrolysis) is 1. The Kier molecular flexibility index (Phi) is 5.29. The highest BCUT2D eigenvalue weighted by Gasteiger charge is 2.60. The third-order valence-electron chi connectivity index (χ3n) is 7.26. The van der Waals surface area contributed by atoms with Gasteiger partial charge in [-0.3, -0.25) is 9.59 Å². The maximum atomic E-state index is 12.7. The molecule has 2 N–H and O–H groups in total. The van der Waals surface area contributed by atoms with Crippen LogP contribution in [0.3, 0.4) is 0 Å². The highest BCUT2D eigenvalue weighted by molar-refractivity contribution is 7.09. The lowest BCUT2D eigenvalue weighted by molar-refractivity contribution is -0.139. The summed E-state index contributed by atoms with van der Waals surface area (Å²) in [6.45, 7) is 1.33. The molecule has 0 radical (unpaired) electrons. The standard InChI is InChI=1S/C26H23N3O5S/c30-24(29-10-18-19(11-29)23(18)25(31)32)21-13-35-22(28-21)9-27-26(33)34-12-20-16-7-3-1-5-14(16)15-6-2-4-8-17(15)20/h1-8,13,18-20,23H,9-12H2,(H,27,33)(H,31,32)/t18-,19+,23?. The van der Waals surface area contributed by atoms with E-state index in [4.69, 9.17) is 9.84 Å². The largest absolute Gasteiger partial charge is 0.481 e. The van der Waals surface area contributed by atoms with E-state index in [0.717, 1.165) is 11.1 Å². The number of carboxylic acids is 1. The molecule has 1 aliphatic heterocycles. The summed E-state index contributed by atoms with van der Waals surface area (Å²) in [6, 6.07) is 16.3. The van der Waals surface area contributed by atoms with E-state index in [2.05, 4.69) is 34.6 Å². The summed E-state index contributed by atoms with van der Waals surface area (Å²) in [5.41, 5.74) is 4.97. The molecule has 3 atom stereocenters. The Balaban J connectivity index is 1.02. The number of thiazole rings is 1. The minimum absolute atomic E-state index is 0.00960. The molecule has 178 valence electrons. The van der Waals surface area contributed by atoms with Crippen molar-refractivity contribution >= 4 is 29.3 Å². The van der Waals surface area contributed by atoms with Crippen LogP contribution in [0.4, 0.5) is 4.79 Å². The van der Waals surface area contributed by atoms with Gasteiger partial charge >= 0.3 is 12.1 Å². The van der Waals surface area contributed by atoms with Crippen LogP contribution in [0.1, 0.15) is 32.5 Å². The lowest BCUT2D eigenvalue weighted by atomic mass is 9.98. The van der Waals surface area contributed by atoms with Crippen LogP contribution < -0.4 is 5.32 Å². The van der Waals surface area contributed by atoms with Crippen molar-refractivity contribution in [1.82, 2.24) is 15.2 Å². The van der Waals surface area contributed by atoms with Gasteiger partial charge in [-0.2, -0.15) is 0 Å². The smallest absolute Gasteiger partial charge is 0.407 e. The molecule has 0 bridgehead atoms. The number of piperidine rings is 1. The van der Waals surface area contributed by atoms with Gasteiger partial charge in [-0.15, -0.1) is 11.3 Å². The molecule has 1 unspecified atom stereocenters. The first-order valence-corrected chi connectivity index (χ1v) is 12.4. The fraction of sp³-hybridized carbons (Fsp3) is 0.308. The molecular weight excluding hydrogens is 466 g/mol. The van der Waals surface area contributed by atoms with Gasteiger partial charge < -0.3 is 20.1 Å². The zero-order valence-electron chi connectivity index (χ0n) is 18.7. The van der Waals surface area contributed by atoms with E-state index in [1.54, 1.807) is 10.3 Å². The van der Waals surface area contributed by atoms with Crippen molar-refractivity contribution in [1.29, 1.82) is 0 Å². The number of carboxylic acid groups (broad SMARTS) is 1. The van der Waals surface area contributed by atoms with Crippen LogP contribution >= 0.6 is 11.3 Å². The van der Waals surface area contributed by atoms with Crippen LogP contribution in [0.2, 0.25) is 0 Å². The molecule has 2 aliphatic carbocycles. The number of hydrogen-bond donors (Lipinski definition) is 2. The minimum Gasteiger partial charge on any atom is -0.481 e. The molecule has 3 aliphatic rings. The third-order valence-corrected chi connectivity index (χ3v) is 8.11. The fourth-order valence-corrected chi connectivity index (χ4v) is 6.22. The second kappa shape index (κ2) is 8.49. The van der Waals surface area contributed by atoms with Crippen molar-refractivity contribution in [3.8, 4) is 11.1 Å². The Morgan fingerprint density at radius 3 is 2.29 bits per heavy atom. The minimum atomic E-state index is -0.776.